The van der Waals surface area contributed by atoms with Gasteiger partial charge in [0.15, 0.2) is 0 Å². The van der Waals surface area contributed by atoms with Gasteiger partial charge in [-0.1, -0.05) is 5.21 Å². The summed E-state index contributed by atoms with van der Waals surface area (Å²) in [6.45, 7) is 1.98. The highest BCUT2D eigenvalue weighted by atomic mass is 15.4. The van der Waals surface area contributed by atoms with Gasteiger partial charge in [-0.05, 0) is 37.7 Å². The molecular weight excluding hydrogens is 340 g/mol. The first-order chi connectivity index (χ1) is 13.3. The molecule has 0 unspecified atom stereocenters. The molecular formula is C19H22N8. The number of rotatable bonds is 6. The summed E-state index contributed by atoms with van der Waals surface area (Å²) in [5, 5.41) is 27.6. The Morgan fingerprint density at radius 3 is 2.85 bits per heavy atom. The van der Waals surface area contributed by atoms with Crippen molar-refractivity contribution in [1.29, 1.82) is 10.5 Å². The van der Waals surface area contributed by atoms with Crippen LogP contribution in [0, 0.1) is 28.6 Å². The van der Waals surface area contributed by atoms with Crippen LogP contribution in [0.2, 0.25) is 0 Å². The van der Waals surface area contributed by atoms with Crippen LogP contribution in [0.25, 0.3) is 16.6 Å². The molecule has 3 heterocycles. The molecule has 27 heavy (non-hydrogen) atoms. The van der Waals surface area contributed by atoms with Gasteiger partial charge in [-0.25, -0.2) is 9.50 Å². The van der Waals surface area contributed by atoms with Gasteiger partial charge in [-0.15, -0.1) is 5.10 Å². The summed E-state index contributed by atoms with van der Waals surface area (Å²) in [5.41, 5.74) is 2.99. The molecule has 1 aliphatic rings. The molecule has 0 saturated heterocycles. The van der Waals surface area contributed by atoms with Crippen molar-refractivity contribution in [2.45, 2.75) is 38.0 Å². The Balaban J connectivity index is 1.45. The van der Waals surface area contributed by atoms with Crippen molar-refractivity contribution in [2.24, 2.45) is 5.92 Å². The van der Waals surface area contributed by atoms with Gasteiger partial charge in [0.25, 0.3) is 0 Å². The molecule has 138 valence electrons. The molecule has 4 rings (SSSR count). The quantitative estimate of drug-likeness (QED) is 0.675. The molecule has 8 heteroatoms. The van der Waals surface area contributed by atoms with E-state index in [9.17, 15) is 0 Å². The number of hydrogen-bond acceptors (Lipinski definition) is 6. The maximum Gasteiger partial charge on any atom is 0.141 e. The van der Waals surface area contributed by atoms with Crippen LogP contribution in [0.4, 0.5) is 0 Å². The Bertz CT molecular complexity index is 996. The van der Waals surface area contributed by atoms with Gasteiger partial charge in [-0.3, -0.25) is 4.90 Å². The molecule has 3 aromatic heterocycles. The number of fused-ring (bicyclic) bond motifs is 3. The average Bonchev–Trinajstić information content (AvgIpc) is 3.33. The van der Waals surface area contributed by atoms with E-state index in [1.807, 2.05) is 12.3 Å². The van der Waals surface area contributed by atoms with Gasteiger partial charge in [-0.2, -0.15) is 10.5 Å². The fourth-order valence-electron chi connectivity index (χ4n) is 4.22. The third-order valence-electron chi connectivity index (χ3n) is 5.58. The molecule has 0 amide bonds. The largest absolute Gasteiger partial charge is 0.346 e. The van der Waals surface area contributed by atoms with Gasteiger partial charge in [0, 0.05) is 37.0 Å². The zero-order chi connectivity index (χ0) is 18.6. The number of nitrogens with zero attached hydrogens (tertiary/aromatic N) is 7. The van der Waals surface area contributed by atoms with Crippen molar-refractivity contribution in [3.05, 3.63) is 24.3 Å². The van der Waals surface area contributed by atoms with Crippen LogP contribution in [0.5, 0.6) is 0 Å². The number of aromatic amines is 1. The highest BCUT2D eigenvalue weighted by molar-refractivity contribution is 5.92. The summed E-state index contributed by atoms with van der Waals surface area (Å²) < 4.78 is 1.77. The van der Waals surface area contributed by atoms with E-state index in [4.69, 9.17) is 10.5 Å². The monoisotopic (exact) mass is 362 g/mol. The lowest BCUT2D eigenvalue weighted by Crippen LogP contribution is -2.32. The van der Waals surface area contributed by atoms with Crippen LogP contribution < -0.4 is 0 Å². The topological polar surface area (TPSA) is 110 Å². The minimum Gasteiger partial charge on any atom is -0.346 e. The van der Waals surface area contributed by atoms with Crippen molar-refractivity contribution in [2.75, 3.05) is 19.6 Å². The minimum absolute atomic E-state index is 0.398. The van der Waals surface area contributed by atoms with Crippen LogP contribution >= 0.6 is 0 Å². The lowest BCUT2D eigenvalue weighted by atomic mass is 9.80. The van der Waals surface area contributed by atoms with E-state index in [0.717, 1.165) is 54.5 Å². The summed E-state index contributed by atoms with van der Waals surface area (Å²) in [4.78, 5) is 9.63. The van der Waals surface area contributed by atoms with Crippen molar-refractivity contribution in [3.8, 4) is 12.1 Å². The lowest BCUT2D eigenvalue weighted by molar-refractivity contribution is 0.212. The third-order valence-corrected chi connectivity index (χ3v) is 5.58. The van der Waals surface area contributed by atoms with E-state index in [0.29, 0.717) is 31.3 Å². The molecule has 0 spiro atoms. The third kappa shape index (κ3) is 3.49. The first-order valence-electron chi connectivity index (χ1n) is 9.43. The molecule has 1 aliphatic carbocycles. The molecule has 1 fully saturated rings. The Morgan fingerprint density at radius 1 is 1.22 bits per heavy atom. The molecule has 0 radical (unpaired) electrons. The number of H-pyrrole nitrogens is 1. The van der Waals surface area contributed by atoms with E-state index >= 15 is 0 Å². The molecule has 0 aliphatic heterocycles. The summed E-state index contributed by atoms with van der Waals surface area (Å²) in [7, 11) is 0. The average molecular weight is 362 g/mol. The van der Waals surface area contributed by atoms with Crippen LogP contribution in [0.1, 0.15) is 43.7 Å². The number of aromatic nitrogens is 5. The highest BCUT2D eigenvalue weighted by Gasteiger charge is 2.27. The summed E-state index contributed by atoms with van der Waals surface area (Å²) in [6.07, 6.45) is 8.46. The summed E-state index contributed by atoms with van der Waals surface area (Å²) in [6, 6.07) is 6.42. The summed E-state index contributed by atoms with van der Waals surface area (Å²) >= 11 is 0. The Kier molecular flexibility index (Phi) is 4.99. The van der Waals surface area contributed by atoms with Crippen molar-refractivity contribution >= 4 is 16.6 Å². The smallest absolute Gasteiger partial charge is 0.141 e. The van der Waals surface area contributed by atoms with Crippen LogP contribution in [-0.2, 0) is 0 Å². The Morgan fingerprint density at radius 2 is 2.07 bits per heavy atom. The normalized spacial score (nSPS) is 20.1. The SMILES string of the molecule is N#CCCN(CC#N)C[C@H]1CC[C@H](c2nnn3cnc4[nH]ccc4c23)CC1. The zero-order valence-corrected chi connectivity index (χ0v) is 15.2. The second kappa shape index (κ2) is 7.73. The van der Waals surface area contributed by atoms with Crippen LogP contribution in [-0.4, -0.2) is 49.3 Å². The van der Waals surface area contributed by atoms with E-state index in [-0.39, 0.29) is 0 Å². The van der Waals surface area contributed by atoms with Gasteiger partial charge < -0.3 is 4.98 Å². The zero-order valence-electron chi connectivity index (χ0n) is 15.2. The first kappa shape index (κ1) is 17.4. The standard InChI is InChI=1S/C19H22N8/c20-7-1-10-26(11-8-21)12-14-2-4-15(5-3-14)17-18-16-6-9-22-19(16)23-13-27(18)25-24-17/h6,9,13-15,22H,1-5,10-12H2/t14-,15-. The predicted octanol–water partition coefficient (Wildman–Crippen LogP) is 2.62. The van der Waals surface area contributed by atoms with Crippen molar-refractivity contribution in [1.82, 2.24) is 29.7 Å². The van der Waals surface area contributed by atoms with E-state index in [1.165, 1.54) is 0 Å². The molecule has 1 N–H and O–H groups in total. The maximum atomic E-state index is 9.00. The van der Waals surface area contributed by atoms with Crippen molar-refractivity contribution < 1.29 is 0 Å². The minimum atomic E-state index is 0.398. The molecule has 0 aromatic carbocycles. The first-order valence-corrected chi connectivity index (χ1v) is 9.43. The molecule has 1 saturated carbocycles. The number of nitriles is 2. The lowest BCUT2D eigenvalue weighted by Gasteiger charge is -2.31. The van der Waals surface area contributed by atoms with Crippen molar-refractivity contribution in [3.63, 3.8) is 0 Å². The summed E-state index contributed by atoms with van der Waals surface area (Å²) in [5.74, 6) is 0.979. The predicted molar refractivity (Wildman–Crippen MR) is 99.6 cm³/mol. The van der Waals surface area contributed by atoms with E-state index in [2.05, 4.69) is 37.3 Å². The van der Waals surface area contributed by atoms with Gasteiger partial charge in [0.05, 0.1) is 24.4 Å². The second-order valence-corrected chi connectivity index (χ2v) is 7.27. The van der Waals surface area contributed by atoms with Crippen LogP contribution in [0.3, 0.4) is 0 Å². The molecule has 0 atom stereocenters. The van der Waals surface area contributed by atoms with Gasteiger partial charge >= 0.3 is 0 Å². The molecule has 0 bridgehead atoms. The maximum absolute atomic E-state index is 9.00. The van der Waals surface area contributed by atoms with Gasteiger partial charge in [0.2, 0.25) is 0 Å². The highest BCUT2D eigenvalue weighted by Crippen LogP contribution is 2.37. The van der Waals surface area contributed by atoms with Crippen LogP contribution in [0.15, 0.2) is 18.6 Å². The van der Waals surface area contributed by atoms with Gasteiger partial charge in [0.1, 0.15) is 17.5 Å². The fourth-order valence-corrected chi connectivity index (χ4v) is 4.22. The number of nitrogens with one attached hydrogen (secondary N) is 1. The van der Waals surface area contributed by atoms with E-state index in [1.54, 1.807) is 10.8 Å². The second-order valence-electron chi connectivity index (χ2n) is 7.27. The molecule has 8 nitrogen and oxygen atoms in total. The number of hydrogen-bond donors (Lipinski definition) is 1. The Hall–Kier alpha value is -2.97. The fraction of sp³-hybridized carbons (Fsp3) is 0.526. The molecule has 3 aromatic rings. The Labute approximate surface area is 157 Å². The van der Waals surface area contributed by atoms with E-state index < -0.39 is 0 Å².